The number of ether oxygens (including phenoxy) is 8. The standard InChI is InChI=1S/C18H37NO9/c1-18(20)28-17-16-27-15-14-26-13-12-25-11-10-24-9-8-23-7-6-22-5-4-21-3-2-19/h2-17,19H2,1H3. The summed E-state index contributed by atoms with van der Waals surface area (Å²) in [4.78, 5) is 10.5. The summed E-state index contributed by atoms with van der Waals surface area (Å²) in [6.07, 6.45) is 0. The number of carbonyl (C=O) groups is 1. The van der Waals surface area contributed by atoms with E-state index >= 15 is 0 Å². The fourth-order valence-corrected chi connectivity index (χ4v) is 1.75. The fraction of sp³-hybridized carbons (Fsp3) is 0.944. The van der Waals surface area contributed by atoms with Crippen molar-refractivity contribution < 1.29 is 42.7 Å². The van der Waals surface area contributed by atoms with Crippen molar-refractivity contribution in [3.05, 3.63) is 0 Å². The minimum atomic E-state index is -0.306. The van der Waals surface area contributed by atoms with Crippen LogP contribution in [0.15, 0.2) is 0 Å². The van der Waals surface area contributed by atoms with Crippen molar-refractivity contribution in [2.24, 2.45) is 5.73 Å². The van der Waals surface area contributed by atoms with E-state index in [1.165, 1.54) is 6.92 Å². The summed E-state index contributed by atoms with van der Waals surface area (Å²) in [5, 5.41) is 0. The molecule has 0 aliphatic carbocycles. The van der Waals surface area contributed by atoms with E-state index in [-0.39, 0.29) is 12.6 Å². The molecule has 0 rings (SSSR count). The molecule has 10 nitrogen and oxygen atoms in total. The lowest BCUT2D eigenvalue weighted by Crippen LogP contribution is -2.15. The van der Waals surface area contributed by atoms with Crippen LogP contribution in [0, 0.1) is 0 Å². The first-order valence-electron chi connectivity index (χ1n) is 9.65. The predicted octanol–water partition coefficient (Wildman–Crippen LogP) is -0.376. The maximum atomic E-state index is 10.5. The number of hydrogen-bond donors (Lipinski definition) is 1. The molecule has 0 spiro atoms. The highest BCUT2D eigenvalue weighted by atomic mass is 16.6. The van der Waals surface area contributed by atoms with Crippen molar-refractivity contribution in [1.29, 1.82) is 0 Å². The van der Waals surface area contributed by atoms with Gasteiger partial charge in [-0.1, -0.05) is 0 Å². The summed E-state index contributed by atoms with van der Waals surface area (Å²) in [7, 11) is 0. The first-order valence-corrected chi connectivity index (χ1v) is 9.65. The van der Waals surface area contributed by atoms with Gasteiger partial charge in [-0.3, -0.25) is 4.79 Å². The summed E-state index contributed by atoms with van der Waals surface area (Å²) in [5.74, 6) is -0.306. The maximum absolute atomic E-state index is 10.5. The molecule has 2 N–H and O–H groups in total. The third-order valence-electron chi connectivity index (χ3n) is 3.03. The van der Waals surface area contributed by atoms with Crippen molar-refractivity contribution in [2.45, 2.75) is 6.92 Å². The zero-order chi connectivity index (χ0) is 20.5. The second kappa shape index (κ2) is 24.2. The van der Waals surface area contributed by atoms with Gasteiger partial charge < -0.3 is 43.6 Å². The zero-order valence-electron chi connectivity index (χ0n) is 17.1. The molecule has 0 unspecified atom stereocenters. The van der Waals surface area contributed by atoms with Crippen molar-refractivity contribution in [1.82, 2.24) is 0 Å². The second-order valence-corrected chi connectivity index (χ2v) is 5.42. The molecule has 0 saturated heterocycles. The molecule has 10 heteroatoms. The van der Waals surface area contributed by atoms with E-state index in [4.69, 9.17) is 43.6 Å². The normalized spacial score (nSPS) is 11.1. The Kier molecular flexibility index (Phi) is 23.5. The van der Waals surface area contributed by atoms with Crippen LogP contribution in [0.2, 0.25) is 0 Å². The molecule has 0 aromatic rings. The Hall–Kier alpha value is -0.850. The SMILES string of the molecule is CC(=O)OCCOCCOCCOCCOCCOCCOCCOCCN. The first-order chi connectivity index (χ1) is 13.8. The van der Waals surface area contributed by atoms with Gasteiger partial charge in [-0.15, -0.1) is 0 Å². The third kappa shape index (κ3) is 25.1. The Morgan fingerprint density at radius 1 is 0.500 bits per heavy atom. The summed E-state index contributed by atoms with van der Waals surface area (Å²) >= 11 is 0. The monoisotopic (exact) mass is 411 g/mol. The van der Waals surface area contributed by atoms with E-state index < -0.39 is 0 Å². The Morgan fingerprint density at radius 2 is 0.750 bits per heavy atom. The number of carbonyl (C=O) groups excluding carboxylic acids is 1. The van der Waals surface area contributed by atoms with Crippen molar-refractivity contribution >= 4 is 5.97 Å². The molecular formula is C18H37NO9. The molecule has 0 radical (unpaired) electrons. The van der Waals surface area contributed by atoms with Crippen molar-refractivity contribution in [3.8, 4) is 0 Å². The van der Waals surface area contributed by atoms with Gasteiger partial charge in [0.1, 0.15) is 6.61 Å². The van der Waals surface area contributed by atoms with Crippen LogP contribution in [0.5, 0.6) is 0 Å². The molecule has 0 aliphatic rings. The average molecular weight is 411 g/mol. The zero-order valence-corrected chi connectivity index (χ0v) is 17.1. The summed E-state index contributed by atoms with van der Waals surface area (Å²) < 4.78 is 41.9. The largest absolute Gasteiger partial charge is 0.463 e. The maximum Gasteiger partial charge on any atom is 0.302 e. The van der Waals surface area contributed by atoms with Crippen molar-refractivity contribution in [2.75, 3.05) is 106 Å². The van der Waals surface area contributed by atoms with Gasteiger partial charge in [0.15, 0.2) is 0 Å². The Morgan fingerprint density at radius 3 is 1.00 bits per heavy atom. The molecule has 0 aromatic heterocycles. The second-order valence-electron chi connectivity index (χ2n) is 5.42. The van der Waals surface area contributed by atoms with Crippen LogP contribution in [0.1, 0.15) is 6.92 Å². The lowest BCUT2D eigenvalue weighted by atomic mass is 10.6. The molecule has 0 bridgehead atoms. The third-order valence-corrected chi connectivity index (χ3v) is 3.03. The smallest absolute Gasteiger partial charge is 0.302 e. The summed E-state index contributed by atoms with van der Waals surface area (Å²) in [6.45, 7) is 9.23. The topological polar surface area (TPSA) is 117 Å². The van der Waals surface area contributed by atoms with Crippen molar-refractivity contribution in [3.63, 3.8) is 0 Å². The molecule has 168 valence electrons. The first kappa shape index (κ1) is 27.1. The Balaban J connectivity index is 2.99. The number of hydrogen-bond acceptors (Lipinski definition) is 10. The van der Waals surface area contributed by atoms with Crippen LogP contribution in [0.3, 0.4) is 0 Å². The van der Waals surface area contributed by atoms with Gasteiger partial charge in [-0.25, -0.2) is 0 Å². The van der Waals surface area contributed by atoms with Crippen LogP contribution < -0.4 is 5.73 Å². The highest BCUT2D eigenvalue weighted by Crippen LogP contribution is 1.85. The minimum absolute atomic E-state index is 0.266. The van der Waals surface area contributed by atoms with E-state index in [1.807, 2.05) is 0 Å². The molecule has 0 amide bonds. The summed E-state index contributed by atoms with van der Waals surface area (Å²) in [5.41, 5.74) is 5.30. The lowest BCUT2D eigenvalue weighted by Gasteiger charge is -2.08. The van der Waals surface area contributed by atoms with Gasteiger partial charge >= 0.3 is 5.97 Å². The molecular weight excluding hydrogens is 374 g/mol. The predicted molar refractivity (Wildman–Crippen MR) is 101 cm³/mol. The van der Waals surface area contributed by atoms with Gasteiger partial charge in [0.25, 0.3) is 0 Å². The minimum Gasteiger partial charge on any atom is -0.463 e. The van der Waals surface area contributed by atoms with Gasteiger partial charge in [-0.05, 0) is 0 Å². The van der Waals surface area contributed by atoms with E-state index in [1.54, 1.807) is 0 Å². The van der Waals surface area contributed by atoms with Crippen LogP contribution >= 0.6 is 0 Å². The molecule has 0 fully saturated rings. The molecule has 0 saturated carbocycles. The van der Waals surface area contributed by atoms with E-state index in [9.17, 15) is 4.79 Å². The summed E-state index contributed by atoms with van der Waals surface area (Å²) in [6, 6.07) is 0. The van der Waals surface area contributed by atoms with E-state index in [2.05, 4.69) is 0 Å². The Labute approximate surface area is 167 Å². The lowest BCUT2D eigenvalue weighted by molar-refractivity contribution is -0.142. The van der Waals surface area contributed by atoms with E-state index in [0.29, 0.717) is 99.0 Å². The Bertz CT molecular complexity index is 321. The molecule has 0 aromatic carbocycles. The van der Waals surface area contributed by atoms with Crippen LogP contribution in [0.25, 0.3) is 0 Å². The molecule has 0 atom stereocenters. The molecule has 28 heavy (non-hydrogen) atoms. The van der Waals surface area contributed by atoms with Gasteiger partial charge in [0, 0.05) is 13.5 Å². The van der Waals surface area contributed by atoms with Gasteiger partial charge in [0.2, 0.25) is 0 Å². The van der Waals surface area contributed by atoms with Crippen LogP contribution in [-0.4, -0.2) is 112 Å². The van der Waals surface area contributed by atoms with Gasteiger partial charge in [-0.2, -0.15) is 0 Å². The average Bonchev–Trinajstić information content (AvgIpc) is 2.68. The van der Waals surface area contributed by atoms with Crippen LogP contribution in [-0.2, 0) is 42.7 Å². The fourth-order valence-electron chi connectivity index (χ4n) is 1.75. The van der Waals surface area contributed by atoms with E-state index in [0.717, 1.165) is 0 Å². The molecule has 0 heterocycles. The highest BCUT2D eigenvalue weighted by molar-refractivity contribution is 5.65. The number of rotatable bonds is 23. The number of nitrogens with two attached hydrogens (primary N) is 1. The van der Waals surface area contributed by atoms with Crippen LogP contribution in [0.4, 0.5) is 0 Å². The quantitative estimate of drug-likeness (QED) is 0.176. The molecule has 0 aliphatic heterocycles. The number of esters is 1. The van der Waals surface area contributed by atoms with Gasteiger partial charge in [0.05, 0.1) is 92.5 Å². The highest BCUT2D eigenvalue weighted by Gasteiger charge is 1.95.